The van der Waals surface area contributed by atoms with Crippen LogP contribution < -0.4 is 0 Å². The van der Waals surface area contributed by atoms with Gasteiger partial charge in [-0.15, -0.1) is 0 Å². The molecule has 9 nitrogen and oxygen atoms in total. The fourth-order valence-corrected chi connectivity index (χ4v) is 5.09. The molecular weight excluding hydrogens is 486 g/mol. The van der Waals surface area contributed by atoms with Crippen LogP contribution in [0.5, 0.6) is 0 Å². The highest BCUT2D eigenvalue weighted by Gasteiger charge is 2.48. The van der Waals surface area contributed by atoms with Gasteiger partial charge >= 0.3 is 6.09 Å². The number of fused-ring (bicyclic) bond motifs is 1. The van der Waals surface area contributed by atoms with E-state index in [1.54, 1.807) is 65.5 Å². The first-order chi connectivity index (χ1) is 17.4. The van der Waals surface area contributed by atoms with Crippen molar-refractivity contribution < 1.29 is 28.6 Å². The van der Waals surface area contributed by atoms with Crippen LogP contribution in [-0.2, 0) is 9.53 Å². The zero-order chi connectivity index (χ0) is 25.4. The first kappa shape index (κ1) is 23.9. The van der Waals surface area contributed by atoms with E-state index in [4.69, 9.17) is 20.8 Å². The number of ketones is 1. The molecule has 186 valence electrons. The van der Waals surface area contributed by atoms with E-state index in [0.717, 1.165) is 0 Å². The minimum atomic E-state index is -0.830. The van der Waals surface area contributed by atoms with E-state index in [1.807, 2.05) is 0 Å². The highest BCUT2D eigenvalue weighted by molar-refractivity contribution is 6.31. The summed E-state index contributed by atoms with van der Waals surface area (Å²) in [5, 5.41) is 12.1. The fourth-order valence-electron chi connectivity index (χ4n) is 4.90. The third kappa shape index (κ3) is 4.19. The van der Waals surface area contributed by atoms with Crippen molar-refractivity contribution in [3.63, 3.8) is 0 Å². The van der Waals surface area contributed by atoms with E-state index in [0.29, 0.717) is 47.5 Å². The topological polar surface area (TPSA) is 113 Å². The molecule has 0 bridgehead atoms. The number of pyridine rings is 1. The lowest BCUT2D eigenvalue weighted by molar-refractivity contribution is -0.132. The molecular formula is C26H24ClN3O6. The van der Waals surface area contributed by atoms with Crippen molar-refractivity contribution in [1.29, 1.82) is 0 Å². The molecule has 0 spiro atoms. The van der Waals surface area contributed by atoms with E-state index >= 15 is 0 Å². The molecule has 1 aromatic carbocycles. The van der Waals surface area contributed by atoms with Gasteiger partial charge < -0.3 is 24.1 Å². The van der Waals surface area contributed by atoms with Gasteiger partial charge in [-0.3, -0.25) is 14.6 Å². The molecule has 1 fully saturated rings. The van der Waals surface area contributed by atoms with Crippen LogP contribution in [-0.4, -0.2) is 63.4 Å². The second-order valence-corrected chi connectivity index (χ2v) is 9.13. The monoisotopic (exact) mass is 509 g/mol. The summed E-state index contributed by atoms with van der Waals surface area (Å²) in [6.07, 6.45) is 3.70. The number of aliphatic hydroxyl groups excluding tert-OH is 1. The first-order valence-electron chi connectivity index (χ1n) is 11.7. The third-order valence-electron chi connectivity index (χ3n) is 6.60. The quantitative estimate of drug-likeness (QED) is 0.497. The highest BCUT2D eigenvalue weighted by atomic mass is 35.5. The summed E-state index contributed by atoms with van der Waals surface area (Å²) in [5.74, 6) is -1.82. The highest BCUT2D eigenvalue weighted by Crippen LogP contribution is 2.42. The van der Waals surface area contributed by atoms with Crippen LogP contribution >= 0.6 is 11.6 Å². The van der Waals surface area contributed by atoms with Gasteiger partial charge in [0.1, 0.15) is 5.58 Å². The Bertz CT molecular complexity index is 1360. The molecule has 2 aliphatic heterocycles. The molecule has 2 aliphatic rings. The molecule has 0 aliphatic carbocycles. The Morgan fingerprint density at radius 3 is 2.58 bits per heavy atom. The van der Waals surface area contributed by atoms with Crippen LogP contribution in [0.4, 0.5) is 4.79 Å². The average molecular weight is 510 g/mol. The number of amides is 2. The number of aromatic nitrogens is 1. The van der Waals surface area contributed by atoms with Crippen molar-refractivity contribution in [2.45, 2.75) is 31.8 Å². The van der Waals surface area contributed by atoms with Gasteiger partial charge in [0.25, 0.3) is 5.91 Å². The van der Waals surface area contributed by atoms with Crippen LogP contribution in [0.3, 0.4) is 0 Å². The number of carbonyl (C=O) groups is 3. The number of nitrogens with zero attached hydrogens (tertiary/aromatic N) is 3. The van der Waals surface area contributed by atoms with Crippen molar-refractivity contribution in [3.05, 3.63) is 76.5 Å². The van der Waals surface area contributed by atoms with E-state index in [1.165, 1.54) is 0 Å². The number of carbonyl (C=O) groups excluding carboxylic acids is 3. The summed E-state index contributed by atoms with van der Waals surface area (Å²) in [7, 11) is 0. The van der Waals surface area contributed by atoms with Crippen molar-refractivity contribution >= 4 is 40.4 Å². The molecule has 4 heterocycles. The fraction of sp³-hybridized carbons (Fsp3) is 0.308. The van der Waals surface area contributed by atoms with Crippen LogP contribution in [0.25, 0.3) is 11.0 Å². The summed E-state index contributed by atoms with van der Waals surface area (Å²) in [4.78, 5) is 46.4. The van der Waals surface area contributed by atoms with Gasteiger partial charge in [-0.05, 0) is 61.7 Å². The van der Waals surface area contributed by atoms with Gasteiger partial charge in [-0.1, -0.05) is 11.6 Å². The number of furan rings is 1. The number of Topliss-reactive ketones (excluding diaryl/α,β-unsaturated/α-hetero) is 1. The molecule has 2 amide bonds. The minimum Gasteiger partial charge on any atom is -0.503 e. The number of piperidine rings is 1. The number of benzene rings is 1. The Morgan fingerprint density at radius 1 is 1.17 bits per heavy atom. The molecule has 2 aromatic heterocycles. The molecule has 5 rings (SSSR count). The van der Waals surface area contributed by atoms with E-state index in [2.05, 4.69) is 4.98 Å². The zero-order valence-corrected chi connectivity index (χ0v) is 20.3. The Balaban J connectivity index is 1.49. The number of hydrogen-bond donors (Lipinski definition) is 1. The van der Waals surface area contributed by atoms with Crippen molar-refractivity contribution in [3.8, 4) is 0 Å². The maximum atomic E-state index is 13.7. The number of aliphatic hydroxyl groups is 1. The molecule has 1 atom stereocenters. The van der Waals surface area contributed by atoms with Crippen LogP contribution in [0.2, 0.25) is 5.02 Å². The lowest BCUT2D eigenvalue weighted by Crippen LogP contribution is -2.48. The van der Waals surface area contributed by atoms with Crippen molar-refractivity contribution in [1.82, 2.24) is 14.8 Å². The van der Waals surface area contributed by atoms with Crippen LogP contribution in [0.15, 0.2) is 64.5 Å². The van der Waals surface area contributed by atoms with Gasteiger partial charge in [-0.2, -0.15) is 0 Å². The Kier molecular flexibility index (Phi) is 6.40. The average Bonchev–Trinajstić information content (AvgIpc) is 3.43. The lowest BCUT2D eigenvalue weighted by Gasteiger charge is -2.39. The molecule has 1 unspecified atom stereocenters. The van der Waals surface area contributed by atoms with Gasteiger partial charge in [0, 0.05) is 41.9 Å². The van der Waals surface area contributed by atoms with Crippen molar-refractivity contribution in [2.75, 3.05) is 19.7 Å². The predicted molar refractivity (Wildman–Crippen MR) is 131 cm³/mol. The van der Waals surface area contributed by atoms with E-state index in [9.17, 15) is 19.5 Å². The smallest absolute Gasteiger partial charge is 0.409 e. The maximum absolute atomic E-state index is 13.7. The normalized spacial score (nSPS) is 18.8. The van der Waals surface area contributed by atoms with Gasteiger partial charge in [0.05, 0.1) is 18.2 Å². The number of likely N-dealkylation sites (tertiary alicyclic amines) is 1. The molecule has 3 aromatic rings. The molecule has 10 heteroatoms. The largest absolute Gasteiger partial charge is 0.503 e. The third-order valence-corrected chi connectivity index (χ3v) is 6.83. The summed E-state index contributed by atoms with van der Waals surface area (Å²) in [6, 6.07) is 8.83. The minimum absolute atomic E-state index is 0.000321. The molecule has 0 saturated carbocycles. The summed E-state index contributed by atoms with van der Waals surface area (Å²) >= 11 is 6.07. The van der Waals surface area contributed by atoms with Gasteiger partial charge in [0.2, 0.25) is 5.78 Å². The number of ether oxygens (including phenoxy) is 1. The van der Waals surface area contributed by atoms with E-state index in [-0.39, 0.29) is 24.0 Å². The van der Waals surface area contributed by atoms with Gasteiger partial charge in [-0.25, -0.2) is 4.79 Å². The Hall–Kier alpha value is -3.85. The number of halogens is 1. The summed E-state index contributed by atoms with van der Waals surface area (Å²) in [5.41, 5.74) is 1.05. The molecule has 1 N–H and O–H groups in total. The maximum Gasteiger partial charge on any atom is 0.409 e. The van der Waals surface area contributed by atoms with Crippen molar-refractivity contribution in [2.24, 2.45) is 0 Å². The SMILES string of the molecule is CCOC(=O)N1CCC(N2C(=O)C(O)=C(C(=O)c3cc4cc(Cl)ccc4o3)C2c2ccncc2)CC1. The Morgan fingerprint density at radius 2 is 1.89 bits per heavy atom. The van der Waals surface area contributed by atoms with Crippen LogP contribution in [0, 0.1) is 0 Å². The molecule has 36 heavy (non-hydrogen) atoms. The number of rotatable bonds is 5. The predicted octanol–water partition coefficient (Wildman–Crippen LogP) is 4.68. The van der Waals surface area contributed by atoms with Gasteiger partial charge in [0.15, 0.2) is 11.5 Å². The standard InChI is InChI=1S/C26H24ClN3O6/c1-2-35-26(34)29-11-7-18(8-12-29)30-22(15-5-9-28-10-6-15)21(24(32)25(30)33)23(31)20-14-16-13-17(27)3-4-19(16)36-20/h3-6,9-10,13-14,18,22,32H,2,7-8,11-12H2,1H3. The summed E-state index contributed by atoms with van der Waals surface area (Å²) < 4.78 is 10.8. The first-order valence-corrected chi connectivity index (χ1v) is 12.1. The Labute approximate surface area is 211 Å². The second kappa shape index (κ2) is 9.66. The molecule has 0 radical (unpaired) electrons. The second-order valence-electron chi connectivity index (χ2n) is 8.70. The number of hydrogen-bond acceptors (Lipinski definition) is 7. The van der Waals surface area contributed by atoms with Crippen LogP contribution in [0.1, 0.15) is 41.9 Å². The van der Waals surface area contributed by atoms with E-state index < -0.39 is 29.6 Å². The zero-order valence-electron chi connectivity index (χ0n) is 19.5. The summed E-state index contributed by atoms with van der Waals surface area (Å²) in [6.45, 7) is 2.82. The lowest BCUT2D eigenvalue weighted by atomic mass is 9.93. The molecule has 1 saturated heterocycles.